The number of sulfonamides is 1. The normalized spacial score (nSPS) is 19.1. The third kappa shape index (κ3) is 4.74. The first-order chi connectivity index (χ1) is 17.0. The van der Waals surface area contributed by atoms with E-state index >= 15 is 0 Å². The fourth-order valence-corrected chi connectivity index (χ4v) is 5.43. The van der Waals surface area contributed by atoms with E-state index in [4.69, 9.17) is 5.73 Å². The number of hydrogen-bond donors (Lipinski definition) is 1. The Bertz CT molecular complexity index is 1360. The minimum Gasteiger partial charge on any atom is -0.396 e. The second kappa shape index (κ2) is 9.00. The summed E-state index contributed by atoms with van der Waals surface area (Å²) in [5.74, 6) is 0.142. The molecule has 1 saturated carbocycles. The summed E-state index contributed by atoms with van der Waals surface area (Å²) >= 11 is 0. The lowest BCUT2D eigenvalue weighted by Crippen LogP contribution is -2.43. The maximum Gasteiger partial charge on any atom is 0.511 e. The van der Waals surface area contributed by atoms with Gasteiger partial charge in [0.05, 0.1) is 30.7 Å². The Morgan fingerprint density at radius 3 is 2.25 bits per heavy atom. The van der Waals surface area contributed by atoms with Crippen molar-refractivity contribution in [2.24, 2.45) is 0 Å². The molecule has 3 aromatic rings. The monoisotopic (exact) mass is 521 g/mol. The van der Waals surface area contributed by atoms with Gasteiger partial charge in [-0.2, -0.15) is 17.5 Å². The molecule has 1 aliphatic heterocycles. The van der Waals surface area contributed by atoms with E-state index in [2.05, 4.69) is 9.97 Å². The van der Waals surface area contributed by atoms with Crippen LogP contribution in [-0.2, 0) is 23.1 Å². The first-order valence-corrected chi connectivity index (χ1v) is 12.7. The molecule has 2 heterocycles. The molecule has 7 nitrogen and oxygen atoms in total. The third-order valence-electron chi connectivity index (χ3n) is 6.49. The molecule has 0 radical (unpaired) electrons. The third-order valence-corrected chi connectivity index (χ3v) is 8.03. The van der Waals surface area contributed by atoms with Crippen LogP contribution >= 0.6 is 0 Å². The number of nitrogen functional groups attached to an aromatic ring is 1. The topological polar surface area (TPSA) is 92.4 Å². The summed E-state index contributed by atoms with van der Waals surface area (Å²) in [5.41, 5.74) is 3.01. The van der Waals surface area contributed by atoms with Gasteiger partial charge < -0.3 is 10.6 Å². The van der Waals surface area contributed by atoms with Gasteiger partial charge in [-0.15, -0.1) is 0 Å². The minimum atomic E-state index is -5.65. The van der Waals surface area contributed by atoms with E-state index in [1.807, 2.05) is 6.07 Å². The summed E-state index contributed by atoms with van der Waals surface area (Å²) in [6, 6.07) is 9.91. The number of rotatable bonds is 5. The van der Waals surface area contributed by atoms with Crippen LogP contribution in [-0.4, -0.2) is 34.7 Å². The maximum absolute atomic E-state index is 13.7. The molecule has 36 heavy (non-hydrogen) atoms. The van der Waals surface area contributed by atoms with Gasteiger partial charge in [0.2, 0.25) is 0 Å². The zero-order valence-electron chi connectivity index (χ0n) is 19.0. The molecule has 1 unspecified atom stereocenters. The number of benzene rings is 2. The van der Waals surface area contributed by atoms with Crippen molar-refractivity contribution >= 4 is 21.4 Å². The van der Waals surface area contributed by atoms with Gasteiger partial charge in [0.25, 0.3) is 0 Å². The Labute approximate surface area is 205 Å². The van der Waals surface area contributed by atoms with Crippen molar-refractivity contribution in [2.75, 3.05) is 17.2 Å². The van der Waals surface area contributed by atoms with Crippen LogP contribution in [0.15, 0.2) is 54.9 Å². The van der Waals surface area contributed by atoms with Crippen LogP contribution in [0.4, 0.5) is 28.9 Å². The van der Waals surface area contributed by atoms with E-state index in [0.29, 0.717) is 38.5 Å². The molecule has 2 aliphatic rings. The summed E-state index contributed by atoms with van der Waals surface area (Å²) < 4.78 is 80.4. The molecule has 0 saturated heterocycles. The SMILES string of the molecule is Nc1cnc(CN2c3ccc(C4CC4)cc3CN(S(=O)(=O)C(F)(F)F)CC2c2ccc(F)cc2)nc1. The van der Waals surface area contributed by atoms with E-state index in [1.54, 1.807) is 17.0 Å². The average molecular weight is 522 g/mol. The van der Waals surface area contributed by atoms with Gasteiger partial charge in [0, 0.05) is 18.8 Å². The van der Waals surface area contributed by atoms with Gasteiger partial charge in [-0.3, -0.25) is 0 Å². The molecule has 190 valence electrons. The molecule has 0 bridgehead atoms. The fraction of sp³-hybridized carbons (Fsp3) is 0.333. The summed E-state index contributed by atoms with van der Waals surface area (Å²) in [7, 11) is -5.65. The van der Waals surface area contributed by atoms with Crippen LogP contribution in [0.25, 0.3) is 0 Å². The average Bonchev–Trinajstić information content (AvgIpc) is 3.68. The second-order valence-electron chi connectivity index (χ2n) is 9.03. The highest BCUT2D eigenvalue weighted by Gasteiger charge is 2.51. The quantitative estimate of drug-likeness (QED) is 0.498. The summed E-state index contributed by atoms with van der Waals surface area (Å²) in [4.78, 5) is 10.2. The number of nitrogens with two attached hydrogens (primary N) is 1. The van der Waals surface area contributed by atoms with Crippen molar-refractivity contribution in [2.45, 2.75) is 43.4 Å². The molecule has 1 atom stereocenters. The highest BCUT2D eigenvalue weighted by molar-refractivity contribution is 7.89. The highest BCUT2D eigenvalue weighted by atomic mass is 32.2. The van der Waals surface area contributed by atoms with Crippen LogP contribution in [0.3, 0.4) is 0 Å². The van der Waals surface area contributed by atoms with Gasteiger partial charge in [0.15, 0.2) is 0 Å². The molecule has 1 fully saturated rings. The summed E-state index contributed by atoms with van der Waals surface area (Å²) in [6.45, 7) is -0.886. The molecule has 1 aromatic heterocycles. The zero-order valence-corrected chi connectivity index (χ0v) is 19.8. The van der Waals surface area contributed by atoms with Crippen molar-refractivity contribution in [3.05, 3.63) is 83.2 Å². The van der Waals surface area contributed by atoms with Crippen molar-refractivity contribution in [1.82, 2.24) is 14.3 Å². The van der Waals surface area contributed by atoms with E-state index < -0.39 is 40.5 Å². The number of anilines is 2. The van der Waals surface area contributed by atoms with Crippen LogP contribution in [0.5, 0.6) is 0 Å². The van der Waals surface area contributed by atoms with Gasteiger partial charge in [-0.1, -0.05) is 24.3 Å². The number of halogens is 4. The van der Waals surface area contributed by atoms with E-state index in [1.165, 1.54) is 36.7 Å². The first kappa shape index (κ1) is 24.4. The molecule has 2 N–H and O–H groups in total. The Morgan fingerprint density at radius 2 is 1.64 bits per heavy atom. The predicted molar refractivity (Wildman–Crippen MR) is 126 cm³/mol. The number of fused-ring (bicyclic) bond motifs is 1. The standard InChI is InChI=1S/C24H23F4N5O2S/c25-19-6-3-16(4-7-19)22-13-32(36(34,35)24(26,27)28)12-18-9-17(15-1-2-15)5-8-21(18)33(22)14-23-30-10-20(29)11-31-23/h3-11,15,22H,1-2,12-14,29H2. The van der Waals surface area contributed by atoms with Crippen LogP contribution < -0.4 is 10.6 Å². The molecule has 12 heteroatoms. The van der Waals surface area contributed by atoms with Crippen molar-refractivity contribution in [3.8, 4) is 0 Å². The van der Waals surface area contributed by atoms with Crippen molar-refractivity contribution in [1.29, 1.82) is 0 Å². The first-order valence-electron chi connectivity index (χ1n) is 11.3. The van der Waals surface area contributed by atoms with Crippen molar-refractivity contribution < 1.29 is 26.0 Å². The summed E-state index contributed by atoms with van der Waals surface area (Å²) in [6.07, 6.45) is 4.80. The number of nitrogens with zero attached hydrogens (tertiary/aromatic N) is 4. The Balaban J connectivity index is 1.67. The number of aromatic nitrogens is 2. The largest absolute Gasteiger partial charge is 0.511 e. The van der Waals surface area contributed by atoms with Crippen LogP contribution in [0, 0.1) is 5.82 Å². The molecule has 1 aliphatic carbocycles. The lowest BCUT2D eigenvalue weighted by molar-refractivity contribution is -0.0492. The van der Waals surface area contributed by atoms with Crippen molar-refractivity contribution in [3.63, 3.8) is 0 Å². The smallest absolute Gasteiger partial charge is 0.396 e. The molecule has 5 rings (SSSR count). The highest BCUT2D eigenvalue weighted by Crippen LogP contribution is 2.44. The lowest BCUT2D eigenvalue weighted by atomic mass is 10.0. The maximum atomic E-state index is 13.7. The van der Waals surface area contributed by atoms with Gasteiger partial charge in [-0.05, 0) is 53.6 Å². The summed E-state index contributed by atoms with van der Waals surface area (Å²) in [5, 5.41) is 0. The van der Waals surface area contributed by atoms with E-state index in [0.717, 1.165) is 18.4 Å². The second-order valence-corrected chi connectivity index (χ2v) is 11.0. The molecular formula is C24H23F4N5O2S. The Morgan fingerprint density at radius 1 is 1.00 bits per heavy atom. The number of hydrogen-bond acceptors (Lipinski definition) is 6. The lowest BCUT2D eigenvalue weighted by Gasteiger charge is -2.34. The molecular weight excluding hydrogens is 498 g/mol. The van der Waals surface area contributed by atoms with Crippen LogP contribution in [0.1, 0.15) is 47.3 Å². The van der Waals surface area contributed by atoms with Crippen LogP contribution in [0.2, 0.25) is 0 Å². The zero-order chi connectivity index (χ0) is 25.7. The van der Waals surface area contributed by atoms with Gasteiger partial charge in [0.1, 0.15) is 11.6 Å². The van der Waals surface area contributed by atoms with Gasteiger partial charge >= 0.3 is 15.5 Å². The number of alkyl halides is 3. The Hall–Kier alpha value is -3.25. The van der Waals surface area contributed by atoms with Gasteiger partial charge in [-0.25, -0.2) is 22.8 Å². The Kier molecular flexibility index (Phi) is 6.11. The minimum absolute atomic E-state index is 0.0675. The fourth-order valence-electron chi connectivity index (χ4n) is 4.49. The molecule has 0 amide bonds. The van der Waals surface area contributed by atoms with E-state index in [-0.39, 0.29) is 6.54 Å². The molecule has 0 spiro atoms. The molecule has 2 aromatic carbocycles. The van der Waals surface area contributed by atoms with E-state index in [9.17, 15) is 26.0 Å². The predicted octanol–water partition coefficient (Wildman–Crippen LogP) is 4.49.